The first-order chi connectivity index (χ1) is 11.6. The van der Waals surface area contributed by atoms with Gasteiger partial charge in [0.2, 0.25) is 11.8 Å². The number of piperidine rings is 1. The highest BCUT2D eigenvalue weighted by atomic mass is 35.5. The van der Waals surface area contributed by atoms with Crippen LogP contribution in [0.15, 0.2) is 30.3 Å². The third kappa shape index (κ3) is 5.71. The Labute approximate surface area is 146 Å². The summed E-state index contributed by atoms with van der Waals surface area (Å²) in [6, 6.07) is 9.13. The number of carbonyl (C=O) groups excluding carboxylic acids is 2. The molecule has 1 aromatic rings. The van der Waals surface area contributed by atoms with E-state index in [1.165, 1.54) is 6.08 Å². The second-order valence-electron chi connectivity index (χ2n) is 5.79. The lowest BCUT2D eigenvalue weighted by atomic mass is 9.96. The molecule has 2 amide bonds. The summed E-state index contributed by atoms with van der Waals surface area (Å²) in [4.78, 5) is 25.2. The second-order valence-corrected chi connectivity index (χ2v) is 6.23. The van der Waals surface area contributed by atoms with E-state index in [-0.39, 0.29) is 18.2 Å². The lowest BCUT2D eigenvalue weighted by Gasteiger charge is -2.31. The summed E-state index contributed by atoms with van der Waals surface area (Å²) in [5.41, 5.74) is 0.916. The molecule has 0 aliphatic carbocycles. The number of amides is 2. The van der Waals surface area contributed by atoms with Gasteiger partial charge in [0.25, 0.3) is 0 Å². The minimum Gasteiger partial charge on any atom is -0.352 e. The molecule has 126 valence electrons. The Hall–Kier alpha value is -2.32. The minimum absolute atomic E-state index is 0.0586. The van der Waals surface area contributed by atoms with Gasteiger partial charge in [-0.3, -0.25) is 9.59 Å². The number of hydrogen-bond donors (Lipinski definition) is 1. The van der Waals surface area contributed by atoms with Crippen molar-refractivity contribution in [3.63, 3.8) is 0 Å². The lowest BCUT2D eigenvalue weighted by molar-refractivity contribution is -0.131. The van der Waals surface area contributed by atoms with Crippen LogP contribution < -0.4 is 5.32 Å². The number of benzene rings is 1. The highest BCUT2D eigenvalue weighted by Crippen LogP contribution is 2.17. The molecular weight excluding hydrogens is 326 g/mol. The smallest absolute Gasteiger partial charge is 0.244 e. The van der Waals surface area contributed by atoms with Gasteiger partial charge in [0, 0.05) is 30.7 Å². The van der Waals surface area contributed by atoms with Crippen molar-refractivity contribution in [3.05, 3.63) is 40.9 Å². The van der Waals surface area contributed by atoms with Crippen molar-refractivity contribution in [2.24, 2.45) is 5.92 Å². The fraction of sp³-hybridized carbons (Fsp3) is 0.389. The summed E-state index contributed by atoms with van der Waals surface area (Å²) in [5, 5.41) is 12.1. The van der Waals surface area contributed by atoms with E-state index in [2.05, 4.69) is 5.32 Å². The van der Waals surface area contributed by atoms with Crippen LogP contribution in [0.1, 0.15) is 24.8 Å². The van der Waals surface area contributed by atoms with Crippen molar-refractivity contribution < 1.29 is 9.59 Å². The zero-order chi connectivity index (χ0) is 17.4. The van der Waals surface area contributed by atoms with E-state index in [0.29, 0.717) is 30.6 Å². The Morgan fingerprint density at radius 1 is 1.29 bits per heavy atom. The Kier molecular flexibility index (Phi) is 6.83. The zero-order valence-electron chi connectivity index (χ0n) is 13.4. The molecule has 2 rings (SSSR count). The molecule has 1 heterocycles. The molecule has 0 radical (unpaired) electrons. The number of likely N-dealkylation sites (tertiary alicyclic amines) is 1. The molecule has 0 saturated carbocycles. The van der Waals surface area contributed by atoms with Crippen molar-refractivity contribution in [2.75, 3.05) is 19.6 Å². The summed E-state index contributed by atoms with van der Waals surface area (Å²) < 4.78 is 0. The summed E-state index contributed by atoms with van der Waals surface area (Å²) in [6.07, 6.45) is 4.89. The second kappa shape index (κ2) is 9.09. The zero-order valence-corrected chi connectivity index (χ0v) is 14.1. The van der Waals surface area contributed by atoms with Crippen molar-refractivity contribution in [1.82, 2.24) is 10.2 Å². The van der Waals surface area contributed by atoms with E-state index in [0.717, 1.165) is 18.4 Å². The van der Waals surface area contributed by atoms with Gasteiger partial charge in [0.05, 0.1) is 6.07 Å². The van der Waals surface area contributed by atoms with Crippen LogP contribution >= 0.6 is 11.6 Å². The summed E-state index contributed by atoms with van der Waals surface area (Å²) >= 11 is 5.81. The molecule has 0 aromatic heterocycles. The van der Waals surface area contributed by atoms with Gasteiger partial charge in [-0.2, -0.15) is 5.26 Å². The van der Waals surface area contributed by atoms with E-state index in [1.807, 2.05) is 18.2 Å². The average molecular weight is 346 g/mol. The fourth-order valence-corrected chi connectivity index (χ4v) is 2.74. The summed E-state index contributed by atoms with van der Waals surface area (Å²) in [7, 11) is 0. The molecule has 1 aromatic carbocycles. The van der Waals surface area contributed by atoms with Gasteiger partial charge in [0.15, 0.2) is 0 Å². The van der Waals surface area contributed by atoms with Crippen LogP contribution in [-0.4, -0.2) is 36.3 Å². The normalized spacial score (nSPS) is 15.2. The van der Waals surface area contributed by atoms with Crippen LogP contribution in [0.4, 0.5) is 0 Å². The molecule has 1 N–H and O–H groups in total. The Morgan fingerprint density at radius 2 is 1.96 bits per heavy atom. The minimum atomic E-state index is -0.132. The monoisotopic (exact) mass is 345 g/mol. The van der Waals surface area contributed by atoms with Gasteiger partial charge in [-0.15, -0.1) is 0 Å². The molecule has 0 unspecified atom stereocenters. The van der Waals surface area contributed by atoms with Gasteiger partial charge in [-0.1, -0.05) is 23.7 Å². The van der Waals surface area contributed by atoms with Crippen LogP contribution in [0.3, 0.4) is 0 Å². The Balaban J connectivity index is 1.70. The molecule has 0 bridgehead atoms. The molecular formula is C18H20ClN3O2. The number of nitrogens with zero attached hydrogens (tertiary/aromatic N) is 2. The van der Waals surface area contributed by atoms with Crippen molar-refractivity contribution >= 4 is 29.5 Å². The quantitative estimate of drug-likeness (QED) is 0.834. The first-order valence-electron chi connectivity index (χ1n) is 7.94. The standard InChI is InChI=1S/C18H20ClN3O2/c19-16-4-1-14(2-5-16)3-6-17(23)21-13-15-8-11-22(12-9-15)18(24)7-10-20/h1-6,15H,7-9,11-13H2,(H,21,23)/b6-3+. The van der Waals surface area contributed by atoms with Crippen LogP contribution in [0, 0.1) is 17.2 Å². The van der Waals surface area contributed by atoms with E-state index >= 15 is 0 Å². The van der Waals surface area contributed by atoms with Gasteiger partial charge < -0.3 is 10.2 Å². The molecule has 6 heteroatoms. The molecule has 0 atom stereocenters. The van der Waals surface area contributed by atoms with Crippen molar-refractivity contribution in [1.29, 1.82) is 5.26 Å². The molecule has 1 aliphatic rings. The number of nitriles is 1. The number of carbonyl (C=O) groups is 2. The maximum absolute atomic E-state index is 11.9. The Morgan fingerprint density at radius 3 is 2.58 bits per heavy atom. The fourth-order valence-electron chi connectivity index (χ4n) is 2.62. The van der Waals surface area contributed by atoms with Crippen LogP contribution in [0.25, 0.3) is 6.08 Å². The van der Waals surface area contributed by atoms with E-state index in [1.54, 1.807) is 23.1 Å². The molecule has 1 fully saturated rings. The van der Waals surface area contributed by atoms with Crippen LogP contribution in [-0.2, 0) is 9.59 Å². The van der Waals surface area contributed by atoms with Gasteiger partial charge in [-0.05, 0) is 42.5 Å². The summed E-state index contributed by atoms with van der Waals surface area (Å²) in [6.45, 7) is 1.91. The predicted octanol–water partition coefficient (Wildman–Crippen LogP) is 2.62. The number of rotatable bonds is 5. The first-order valence-corrected chi connectivity index (χ1v) is 8.32. The van der Waals surface area contributed by atoms with E-state index in [4.69, 9.17) is 16.9 Å². The van der Waals surface area contributed by atoms with Crippen LogP contribution in [0.5, 0.6) is 0 Å². The van der Waals surface area contributed by atoms with Gasteiger partial charge >= 0.3 is 0 Å². The molecule has 24 heavy (non-hydrogen) atoms. The van der Waals surface area contributed by atoms with Crippen molar-refractivity contribution in [3.8, 4) is 6.07 Å². The SMILES string of the molecule is N#CCC(=O)N1CCC(CNC(=O)/C=C/c2ccc(Cl)cc2)CC1. The predicted molar refractivity (Wildman–Crippen MR) is 93.0 cm³/mol. The number of hydrogen-bond acceptors (Lipinski definition) is 3. The maximum atomic E-state index is 11.9. The van der Waals surface area contributed by atoms with Crippen molar-refractivity contribution in [2.45, 2.75) is 19.3 Å². The highest BCUT2D eigenvalue weighted by molar-refractivity contribution is 6.30. The Bertz CT molecular complexity index is 641. The summed E-state index contributed by atoms with van der Waals surface area (Å²) in [5.74, 6) is 0.128. The van der Waals surface area contributed by atoms with E-state index in [9.17, 15) is 9.59 Å². The maximum Gasteiger partial charge on any atom is 0.244 e. The number of nitrogens with one attached hydrogen (secondary N) is 1. The third-order valence-corrected chi connectivity index (χ3v) is 4.31. The average Bonchev–Trinajstić information content (AvgIpc) is 2.60. The largest absolute Gasteiger partial charge is 0.352 e. The number of halogens is 1. The lowest BCUT2D eigenvalue weighted by Crippen LogP contribution is -2.41. The molecule has 5 nitrogen and oxygen atoms in total. The molecule has 1 saturated heterocycles. The third-order valence-electron chi connectivity index (χ3n) is 4.06. The van der Waals surface area contributed by atoms with E-state index < -0.39 is 0 Å². The molecule has 0 spiro atoms. The highest BCUT2D eigenvalue weighted by Gasteiger charge is 2.22. The first kappa shape index (κ1) is 18.0. The topological polar surface area (TPSA) is 73.2 Å². The van der Waals surface area contributed by atoms with Gasteiger partial charge in [0.1, 0.15) is 6.42 Å². The molecule has 1 aliphatic heterocycles. The van der Waals surface area contributed by atoms with Gasteiger partial charge in [-0.25, -0.2) is 0 Å². The van der Waals surface area contributed by atoms with Crippen LogP contribution in [0.2, 0.25) is 5.02 Å².